The van der Waals surface area contributed by atoms with Gasteiger partial charge in [0.1, 0.15) is 5.75 Å². The summed E-state index contributed by atoms with van der Waals surface area (Å²) < 4.78 is 24.0. The molecule has 1 N–H and O–H groups in total. The Morgan fingerprint density at radius 3 is 2.68 bits per heavy atom. The first-order chi connectivity index (χ1) is 10.4. The summed E-state index contributed by atoms with van der Waals surface area (Å²) in [6, 6.07) is 1.36. The summed E-state index contributed by atoms with van der Waals surface area (Å²) in [7, 11) is 4.89. The number of nitrogens with one attached hydrogen (secondary N) is 1. The van der Waals surface area contributed by atoms with Crippen molar-refractivity contribution in [3.63, 3.8) is 0 Å². The van der Waals surface area contributed by atoms with Gasteiger partial charge in [-0.2, -0.15) is 4.39 Å². The van der Waals surface area contributed by atoms with Crippen LogP contribution in [0.5, 0.6) is 5.75 Å². The molecule has 0 aromatic heterocycles. The average Bonchev–Trinajstić information content (AvgIpc) is 2.47. The molecule has 0 unspecified atom stereocenters. The Bertz CT molecular complexity index is 530. The van der Waals surface area contributed by atoms with Gasteiger partial charge in [0.2, 0.25) is 5.82 Å². The van der Waals surface area contributed by atoms with Gasteiger partial charge in [0.05, 0.1) is 23.1 Å². The molecule has 0 bridgehead atoms. The van der Waals surface area contributed by atoms with Crippen molar-refractivity contribution in [2.45, 2.75) is 0 Å². The average molecular weight is 380 g/mol. The fourth-order valence-corrected chi connectivity index (χ4v) is 2.22. The van der Waals surface area contributed by atoms with Gasteiger partial charge in [0.25, 0.3) is 0 Å². The van der Waals surface area contributed by atoms with E-state index in [9.17, 15) is 14.5 Å². The summed E-state index contributed by atoms with van der Waals surface area (Å²) >= 11 is 2.95. The molecule has 0 aliphatic carbocycles. The van der Waals surface area contributed by atoms with E-state index < -0.39 is 16.4 Å². The number of hydrogen-bond donors (Lipinski definition) is 1. The van der Waals surface area contributed by atoms with E-state index in [0.717, 1.165) is 6.54 Å². The van der Waals surface area contributed by atoms with Crippen LogP contribution in [0.15, 0.2) is 10.5 Å². The van der Waals surface area contributed by atoms with Crippen molar-refractivity contribution in [2.24, 2.45) is 0 Å². The smallest absolute Gasteiger partial charge is 0.332 e. The lowest BCUT2D eigenvalue weighted by Crippen LogP contribution is -2.28. The van der Waals surface area contributed by atoms with Crippen molar-refractivity contribution >= 4 is 27.3 Å². The van der Waals surface area contributed by atoms with Crippen molar-refractivity contribution in [1.82, 2.24) is 4.90 Å². The third-order valence-corrected chi connectivity index (χ3v) is 3.61. The van der Waals surface area contributed by atoms with Crippen molar-refractivity contribution in [3.05, 3.63) is 26.5 Å². The third kappa shape index (κ3) is 4.79. The van der Waals surface area contributed by atoms with Crippen LogP contribution in [0.3, 0.4) is 0 Å². The van der Waals surface area contributed by atoms with E-state index in [0.29, 0.717) is 19.7 Å². The first-order valence-electron chi connectivity index (χ1n) is 6.54. The van der Waals surface area contributed by atoms with Gasteiger partial charge in [-0.15, -0.1) is 0 Å². The number of rotatable bonds is 9. The molecule has 1 aromatic carbocycles. The topological polar surface area (TPSA) is 76.9 Å². The van der Waals surface area contributed by atoms with Crippen LogP contribution < -0.4 is 10.1 Å². The summed E-state index contributed by atoms with van der Waals surface area (Å²) in [5.41, 5.74) is -0.598. The Balaban J connectivity index is 2.89. The number of ether oxygens (including phenoxy) is 2. The minimum Gasteiger partial charge on any atom is -0.494 e. The highest BCUT2D eigenvalue weighted by atomic mass is 79.9. The second kappa shape index (κ2) is 8.86. The molecule has 0 aliphatic heterocycles. The van der Waals surface area contributed by atoms with E-state index in [4.69, 9.17) is 9.47 Å². The number of anilines is 1. The second-order valence-electron chi connectivity index (χ2n) is 4.58. The van der Waals surface area contributed by atoms with E-state index in [1.54, 1.807) is 7.11 Å². The summed E-state index contributed by atoms with van der Waals surface area (Å²) in [6.45, 7) is 2.33. The fourth-order valence-electron chi connectivity index (χ4n) is 1.82. The van der Waals surface area contributed by atoms with Gasteiger partial charge in [-0.05, 0) is 29.0 Å². The molecule has 0 radical (unpaired) electrons. The zero-order valence-corrected chi connectivity index (χ0v) is 14.3. The third-order valence-electron chi connectivity index (χ3n) is 3.03. The number of likely N-dealkylation sites (N-methyl/N-ethyl adjacent to an activating group) is 1. The number of halogens is 2. The van der Waals surface area contributed by atoms with E-state index in [1.165, 1.54) is 13.2 Å². The molecule has 0 saturated heterocycles. The highest BCUT2D eigenvalue weighted by Gasteiger charge is 2.27. The molecule has 0 amide bonds. The van der Waals surface area contributed by atoms with Crippen LogP contribution in [0.1, 0.15) is 0 Å². The summed E-state index contributed by atoms with van der Waals surface area (Å²) in [4.78, 5) is 12.3. The van der Waals surface area contributed by atoms with Crippen LogP contribution in [0.4, 0.5) is 15.8 Å². The molecular weight excluding hydrogens is 361 g/mol. The Labute approximate surface area is 136 Å². The highest BCUT2D eigenvalue weighted by molar-refractivity contribution is 9.10. The largest absolute Gasteiger partial charge is 0.494 e. The first-order valence-corrected chi connectivity index (χ1v) is 7.33. The lowest BCUT2D eigenvalue weighted by Gasteiger charge is -2.18. The zero-order chi connectivity index (χ0) is 16.7. The van der Waals surface area contributed by atoms with E-state index in [2.05, 4.69) is 21.2 Å². The first kappa shape index (κ1) is 18.6. The van der Waals surface area contributed by atoms with Crippen LogP contribution in [0, 0.1) is 15.9 Å². The molecule has 0 atom stereocenters. The molecule has 0 heterocycles. The number of nitro benzene ring substituents is 1. The zero-order valence-electron chi connectivity index (χ0n) is 12.7. The predicted molar refractivity (Wildman–Crippen MR) is 85.2 cm³/mol. The summed E-state index contributed by atoms with van der Waals surface area (Å²) in [5, 5.41) is 14.0. The maximum absolute atomic E-state index is 14.0. The van der Waals surface area contributed by atoms with Crippen LogP contribution in [0.25, 0.3) is 0 Å². The Kier molecular flexibility index (Phi) is 7.49. The number of methoxy groups -OCH3 is 2. The normalized spacial score (nSPS) is 10.8. The fraction of sp³-hybridized carbons (Fsp3) is 0.538. The van der Waals surface area contributed by atoms with Crippen LogP contribution in [0.2, 0.25) is 0 Å². The molecule has 22 heavy (non-hydrogen) atoms. The highest BCUT2D eigenvalue weighted by Crippen LogP contribution is 2.40. The lowest BCUT2D eigenvalue weighted by molar-refractivity contribution is -0.386. The van der Waals surface area contributed by atoms with Crippen molar-refractivity contribution < 1.29 is 18.8 Å². The van der Waals surface area contributed by atoms with Gasteiger partial charge in [-0.25, -0.2) is 0 Å². The number of nitro groups is 1. The van der Waals surface area contributed by atoms with E-state index in [1.807, 2.05) is 11.9 Å². The Hall–Kier alpha value is -1.45. The maximum atomic E-state index is 14.0. The number of nitrogens with zero attached hydrogens (tertiary/aromatic N) is 2. The summed E-state index contributed by atoms with van der Waals surface area (Å²) in [5.74, 6) is -0.722. The van der Waals surface area contributed by atoms with Crippen molar-refractivity contribution in [2.75, 3.05) is 52.8 Å². The minimum atomic E-state index is -0.930. The standard InChI is InChI=1S/C13H19BrFN3O4/c1-17(6-7-21-2)5-4-16-12-10(22-3)8-9(14)11(15)13(12)18(19)20/h8,16H,4-7H2,1-3H3. The number of benzene rings is 1. The van der Waals surface area contributed by atoms with Crippen LogP contribution in [-0.4, -0.2) is 57.3 Å². The quantitative estimate of drug-likeness (QED) is 0.524. The molecule has 0 spiro atoms. The molecule has 124 valence electrons. The molecule has 0 fully saturated rings. The van der Waals surface area contributed by atoms with Crippen molar-refractivity contribution in [1.29, 1.82) is 0 Å². The molecule has 7 nitrogen and oxygen atoms in total. The molecule has 0 saturated carbocycles. The lowest BCUT2D eigenvalue weighted by atomic mass is 10.2. The van der Waals surface area contributed by atoms with E-state index in [-0.39, 0.29) is 15.9 Å². The monoisotopic (exact) mass is 379 g/mol. The van der Waals surface area contributed by atoms with Gasteiger partial charge in [0, 0.05) is 26.7 Å². The number of hydrogen-bond acceptors (Lipinski definition) is 6. The van der Waals surface area contributed by atoms with Crippen LogP contribution >= 0.6 is 15.9 Å². The molecule has 0 aliphatic rings. The molecule has 1 rings (SSSR count). The molecule has 9 heteroatoms. The van der Waals surface area contributed by atoms with Crippen LogP contribution in [-0.2, 0) is 4.74 Å². The SMILES string of the molecule is COCCN(C)CCNc1c(OC)cc(Br)c(F)c1[N+](=O)[O-]. The maximum Gasteiger partial charge on any atom is 0.332 e. The minimum absolute atomic E-state index is 0.0150. The van der Waals surface area contributed by atoms with Crippen molar-refractivity contribution in [3.8, 4) is 5.75 Å². The second-order valence-corrected chi connectivity index (χ2v) is 5.43. The Morgan fingerprint density at radius 1 is 1.45 bits per heavy atom. The molecular formula is C13H19BrFN3O4. The molecule has 1 aromatic rings. The van der Waals surface area contributed by atoms with Gasteiger partial charge in [0.15, 0.2) is 5.69 Å². The predicted octanol–water partition coefficient (Wildman–Crippen LogP) is 2.50. The van der Waals surface area contributed by atoms with Gasteiger partial charge in [-0.1, -0.05) is 0 Å². The Morgan fingerprint density at radius 2 is 2.14 bits per heavy atom. The van der Waals surface area contributed by atoms with Gasteiger partial charge in [-0.3, -0.25) is 10.1 Å². The van der Waals surface area contributed by atoms with E-state index >= 15 is 0 Å². The van der Waals surface area contributed by atoms with Gasteiger partial charge >= 0.3 is 5.69 Å². The summed E-state index contributed by atoms with van der Waals surface area (Å²) in [6.07, 6.45) is 0. The van der Waals surface area contributed by atoms with Gasteiger partial charge < -0.3 is 19.7 Å².